The molecule has 1 aromatic rings. The van der Waals surface area contributed by atoms with Crippen LogP contribution in [0.15, 0.2) is 18.2 Å². The van der Waals surface area contributed by atoms with Gasteiger partial charge in [0.2, 0.25) is 0 Å². The SMILES string of the molecule is C[C@@H](O)CNc1cccc(F)c1C#N. The Morgan fingerprint density at radius 2 is 2.36 bits per heavy atom. The van der Waals surface area contributed by atoms with Crippen molar-refractivity contribution in [1.82, 2.24) is 0 Å². The van der Waals surface area contributed by atoms with Gasteiger partial charge in [-0.05, 0) is 19.1 Å². The van der Waals surface area contributed by atoms with Crippen LogP contribution in [-0.4, -0.2) is 17.8 Å². The lowest BCUT2D eigenvalue weighted by atomic mass is 10.2. The summed E-state index contributed by atoms with van der Waals surface area (Å²) in [6.07, 6.45) is -0.537. The van der Waals surface area contributed by atoms with Crippen LogP contribution in [-0.2, 0) is 0 Å². The van der Waals surface area contributed by atoms with Gasteiger partial charge in [-0.1, -0.05) is 6.07 Å². The van der Waals surface area contributed by atoms with Crippen molar-refractivity contribution >= 4 is 5.69 Å². The summed E-state index contributed by atoms with van der Waals surface area (Å²) < 4.78 is 13.0. The normalized spacial score (nSPS) is 11.9. The number of rotatable bonds is 3. The van der Waals surface area contributed by atoms with E-state index >= 15 is 0 Å². The molecule has 14 heavy (non-hydrogen) atoms. The molecule has 0 spiro atoms. The van der Waals surface area contributed by atoms with Crippen molar-refractivity contribution in [2.24, 2.45) is 0 Å². The zero-order chi connectivity index (χ0) is 10.6. The van der Waals surface area contributed by atoms with Gasteiger partial charge in [-0.3, -0.25) is 0 Å². The molecule has 3 nitrogen and oxygen atoms in total. The molecule has 0 aliphatic rings. The van der Waals surface area contributed by atoms with E-state index in [1.165, 1.54) is 12.1 Å². The van der Waals surface area contributed by atoms with E-state index in [1.807, 2.05) is 0 Å². The van der Waals surface area contributed by atoms with E-state index in [2.05, 4.69) is 5.32 Å². The first-order valence-electron chi connectivity index (χ1n) is 4.25. The molecule has 0 saturated carbocycles. The molecule has 1 atom stereocenters. The molecule has 0 aliphatic carbocycles. The van der Waals surface area contributed by atoms with Crippen molar-refractivity contribution in [1.29, 1.82) is 5.26 Å². The van der Waals surface area contributed by atoms with Crippen LogP contribution >= 0.6 is 0 Å². The van der Waals surface area contributed by atoms with Gasteiger partial charge >= 0.3 is 0 Å². The van der Waals surface area contributed by atoms with E-state index < -0.39 is 11.9 Å². The van der Waals surface area contributed by atoms with Gasteiger partial charge in [0.05, 0.1) is 11.8 Å². The van der Waals surface area contributed by atoms with E-state index in [1.54, 1.807) is 19.1 Å². The Morgan fingerprint density at radius 3 is 2.93 bits per heavy atom. The van der Waals surface area contributed by atoms with Crippen LogP contribution in [0.1, 0.15) is 12.5 Å². The second-order valence-corrected chi connectivity index (χ2v) is 3.00. The van der Waals surface area contributed by atoms with Gasteiger partial charge in [0.25, 0.3) is 0 Å². The predicted molar refractivity (Wildman–Crippen MR) is 51.3 cm³/mol. The Morgan fingerprint density at radius 1 is 1.64 bits per heavy atom. The standard InChI is InChI=1S/C10H11FN2O/c1-7(14)6-13-10-4-2-3-9(11)8(10)5-12/h2-4,7,13-14H,6H2,1H3/t7-/m1/s1. The largest absolute Gasteiger partial charge is 0.392 e. The molecule has 4 heteroatoms. The van der Waals surface area contributed by atoms with Gasteiger partial charge in [0.1, 0.15) is 17.4 Å². The fraction of sp³-hybridized carbons (Fsp3) is 0.300. The fourth-order valence-corrected chi connectivity index (χ4v) is 1.04. The maximum Gasteiger partial charge on any atom is 0.143 e. The first kappa shape index (κ1) is 10.5. The molecule has 0 unspecified atom stereocenters. The zero-order valence-corrected chi connectivity index (χ0v) is 7.79. The molecule has 1 aromatic carbocycles. The second-order valence-electron chi connectivity index (χ2n) is 3.00. The number of halogens is 1. The highest BCUT2D eigenvalue weighted by molar-refractivity contribution is 5.57. The van der Waals surface area contributed by atoms with Crippen LogP contribution in [0, 0.1) is 17.1 Å². The highest BCUT2D eigenvalue weighted by Gasteiger charge is 2.07. The van der Waals surface area contributed by atoms with Crippen LogP contribution in [0.5, 0.6) is 0 Å². The summed E-state index contributed by atoms with van der Waals surface area (Å²) in [4.78, 5) is 0. The number of aliphatic hydroxyl groups is 1. The minimum absolute atomic E-state index is 0.0202. The van der Waals surface area contributed by atoms with Crippen LogP contribution in [0.4, 0.5) is 10.1 Å². The first-order chi connectivity index (χ1) is 6.65. The van der Waals surface area contributed by atoms with Crippen molar-refractivity contribution < 1.29 is 9.50 Å². The van der Waals surface area contributed by atoms with Crippen LogP contribution in [0.3, 0.4) is 0 Å². The number of benzene rings is 1. The van der Waals surface area contributed by atoms with E-state index in [9.17, 15) is 4.39 Å². The fourth-order valence-electron chi connectivity index (χ4n) is 1.04. The molecule has 0 heterocycles. The molecule has 0 saturated heterocycles. The van der Waals surface area contributed by atoms with Gasteiger partial charge < -0.3 is 10.4 Å². The average molecular weight is 194 g/mol. The molecule has 0 amide bonds. The molecule has 2 N–H and O–H groups in total. The van der Waals surface area contributed by atoms with Gasteiger partial charge in [-0.2, -0.15) is 5.26 Å². The van der Waals surface area contributed by atoms with E-state index in [0.29, 0.717) is 5.69 Å². The van der Waals surface area contributed by atoms with Crippen LogP contribution in [0.2, 0.25) is 0 Å². The molecule has 0 aliphatic heterocycles. The number of hydrogen-bond donors (Lipinski definition) is 2. The molecule has 0 fully saturated rings. The summed E-state index contributed by atoms with van der Waals surface area (Å²) in [5.74, 6) is -0.553. The van der Waals surface area contributed by atoms with E-state index in [-0.39, 0.29) is 12.1 Å². The van der Waals surface area contributed by atoms with E-state index in [0.717, 1.165) is 0 Å². The number of hydrogen-bond acceptors (Lipinski definition) is 3. The number of anilines is 1. The zero-order valence-electron chi connectivity index (χ0n) is 7.79. The first-order valence-corrected chi connectivity index (χ1v) is 4.25. The van der Waals surface area contributed by atoms with E-state index in [4.69, 9.17) is 10.4 Å². The van der Waals surface area contributed by atoms with Gasteiger partial charge in [0, 0.05) is 6.54 Å². The Hall–Kier alpha value is -1.60. The third-order valence-corrected chi connectivity index (χ3v) is 1.71. The van der Waals surface area contributed by atoms with Gasteiger partial charge in [-0.25, -0.2) is 4.39 Å². The minimum atomic E-state index is -0.553. The Kier molecular flexibility index (Phi) is 3.43. The van der Waals surface area contributed by atoms with Crippen molar-refractivity contribution in [2.45, 2.75) is 13.0 Å². The molecule has 1 rings (SSSR count). The highest BCUT2D eigenvalue weighted by atomic mass is 19.1. The third-order valence-electron chi connectivity index (χ3n) is 1.71. The third kappa shape index (κ3) is 2.44. The molecular formula is C10H11FN2O. The predicted octanol–water partition coefficient (Wildman–Crippen LogP) is 1.49. The molecule has 0 aromatic heterocycles. The monoisotopic (exact) mass is 194 g/mol. The maximum atomic E-state index is 13.0. The summed E-state index contributed by atoms with van der Waals surface area (Å²) in [5.41, 5.74) is 0.390. The number of nitrogens with zero attached hydrogens (tertiary/aromatic N) is 1. The lowest BCUT2D eigenvalue weighted by Crippen LogP contribution is -2.16. The molecule has 0 bridgehead atoms. The van der Waals surface area contributed by atoms with Gasteiger partial charge in [-0.15, -0.1) is 0 Å². The summed E-state index contributed by atoms with van der Waals surface area (Å²) in [6.45, 7) is 1.90. The summed E-state index contributed by atoms with van der Waals surface area (Å²) in [5, 5.41) is 20.5. The lowest BCUT2D eigenvalue weighted by molar-refractivity contribution is 0.208. The van der Waals surface area contributed by atoms with Crippen molar-refractivity contribution in [2.75, 3.05) is 11.9 Å². The second kappa shape index (κ2) is 4.58. The summed E-state index contributed by atoms with van der Waals surface area (Å²) >= 11 is 0. The minimum Gasteiger partial charge on any atom is -0.392 e. The quantitative estimate of drug-likeness (QED) is 0.766. The van der Waals surface area contributed by atoms with Crippen LogP contribution in [0.25, 0.3) is 0 Å². The number of nitrogens with one attached hydrogen (secondary N) is 1. The lowest BCUT2D eigenvalue weighted by Gasteiger charge is -2.09. The topological polar surface area (TPSA) is 56.0 Å². The molecule has 74 valence electrons. The molecule has 0 radical (unpaired) electrons. The van der Waals surface area contributed by atoms with Gasteiger partial charge in [0.15, 0.2) is 0 Å². The number of aliphatic hydroxyl groups excluding tert-OH is 1. The Bertz CT molecular complexity index is 358. The number of nitriles is 1. The van der Waals surface area contributed by atoms with Crippen molar-refractivity contribution in [3.05, 3.63) is 29.6 Å². The molecular weight excluding hydrogens is 183 g/mol. The summed E-state index contributed by atoms with van der Waals surface area (Å²) in [6, 6.07) is 6.11. The highest BCUT2D eigenvalue weighted by Crippen LogP contribution is 2.17. The smallest absolute Gasteiger partial charge is 0.143 e. The average Bonchev–Trinajstić information content (AvgIpc) is 2.14. The summed E-state index contributed by atoms with van der Waals surface area (Å²) in [7, 11) is 0. The Labute approximate surface area is 81.8 Å². The van der Waals surface area contributed by atoms with Crippen molar-refractivity contribution in [3.63, 3.8) is 0 Å². The Balaban J connectivity index is 2.87. The van der Waals surface area contributed by atoms with Crippen LogP contribution < -0.4 is 5.32 Å². The van der Waals surface area contributed by atoms with Crippen molar-refractivity contribution in [3.8, 4) is 6.07 Å². The maximum absolute atomic E-state index is 13.0.